The van der Waals surface area contributed by atoms with Gasteiger partial charge in [0.25, 0.3) is 0 Å². The van der Waals surface area contributed by atoms with Gasteiger partial charge in [-0.2, -0.15) is 0 Å². The summed E-state index contributed by atoms with van der Waals surface area (Å²) < 4.78 is 2.97. The van der Waals surface area contributed by atoms with Crippen molar-refractivity contribution >= 4 is 0 Å². The Kier molecular flexibility index (Phi) is 5.50. The van der Waals surface area contributed by atoms with Gasteiger partial charge in [-0.3, -0.25) is 0 Å². The third kappa shape index (κ3) is 3.11. The van der Waals surface area contributed by atoms with Crippen LogP contribution in [0.3, 0.4) is 0 Å². The topological polar surface area (TPSA) is 0 Å². The second kappa shape index (κ2) is 7.21. The molecule has 2 aliphatic heterocycles. The van der Waals surface area contributed by atoms with E-state index in [1.807, 2.05) is 0 Å². The van der Waals surface area contributed by atoms with Crippen LogP contribution in [0.5, 0.6) is 0 Å². The lowest BCUT2D eigenvalue weighted by atomic mass is 9.84. The fourth-order valence-corrected chi connectivity index (χ4v) is 6.32. The van der Waals surface area contributed by atoms with Crippen LogP contribution in [0.25, 0.3) is 0 Å². The predicted octanol–water partition coefficient (Wildman–Crippen LogP) is 4.34. The molecule has 0 aromatic rings. The van der Waals surface area contributed by atoms with Crippen LogP contribution in [-0.2, 0) is 0 Å². The maximum atomic E-state index is 2.46. The molecule has 128 valence electrons. The van der Waals surface area contributed by atoms with Gasteiger partial charge in [0, 0.05) is 25.7 Å². The molecule has 2 nitrogen and oxygen atoms in total. The summed E-state index contributed by atoms with van der Waals surface area (Å²) in [7, 11) is 0. The van der Waals surface area contributed by atoms with Gasteiger partial charge in [0.2, 0.25) is 0 Å². The first kappa shape index (κ1) is 16.8. The number of piperidine rings is 2. The first-order valence-corrected chi connectivity index (χ1v) is 10.5. The van der Waals surface area contributed by atoms with Crippen molar-refractivity contribution in [3.8, 4) is 0 Å². The third-order valence-electron chi connectivity index (χ3n) is 7.89. The molecule has 2 saturated heterocycles. The number of hydrogen-bond acceptors (Lipinski definition) is 0. The minimum atomic E-state index is 1.00. The van der Waals surface area contributed by atoms with Crippen LogP contribution in [0.1, 0.15) is 78.1 Å². The Balaban J connectivity index is 1.61. The predicted molar refractivity (Wildman–Crippen MR) is 94.8 cm³/mol. The molecule has 3 rings (SSSR count). The van der Waals surface area contributed by atoms with E-state index in [1.54, 1.807) is 0 Å². The molecule has 22 heavy (non-hydrogen) atoms. The maximum absolute atomic E-state index is 2.46. The second-order valence-corrected chi connectivity index (χ2v) is 8.55. The molecule has 0 bridgehead atoms. The molecule has 0 aromatic carbocycles. The monoisotopic (exact) mass is 308 g/mol. The summed E-state index contributed by atoms with van der Waals surface area (Å²) in [6.07, 6.45) is 15.0. The van der Waals surface area contributed by atoms with E-state index in [0.717, 1.165) is 12.1 Å². The van der Waals surface area contributed by atoms with Crippen molar-refractivity contribution in [2.45, 2.75) is 90.1 Å². The van der Waals surface area contributed by atoms with E-state index >= 15 is 0 Å². The molecular weight excluding hydrogens is 268 g/mol. The summed E-state index contributed by atoms with van der Waals surface area (Å²) in [6, 6.07) is 2.01. The van der Waals surface area contributed by atoms with Crippen molar-refractivity contribution in [2.75, 3.05) is 39.3 Å². The van der Waals surface area contributed by atoms with Crippen molar-refractivity contribution in [2.24, 2.45) is 0 Å². The van der Waals surface area contributed by atoms with Gasteiger partial charge in [-0.05, 0) is 52.4 Å². The summed E-state index contributed by atoms with van der Waals surface area (Å²) in [5.74, 6) is 0. The van der Waals surface area contributed by atoms with Crippen LogP contribution in [-0.4, -0.2) is 60.3 Å². The molecule has 0 atom stereocenters. The molecule has 0 N–H and O–H groups in total. The van der Waals surface area contributed by atoms with Crippen molar-refractivity contribution < 1.29 is 8.97 Å². The smallest absolute Gasteiger partial charge is 0.0894 e. The van der Waals surface area contributed by atoms with E-state index in [-0.39, 0.29) is 0 Å². The zero-order chi connectivity index (χ0) is 15.5. The molecule has 0 radical (unpaired) electrons. The van der Waals surface area contributed by atoms with Crippen LogP contribution in [0.2, 0.25) is 0 Å². The summed E-state index contributed by atoms with van der Waals surface area (Å²) in [4.78, 5) is 0. The highest BCUT2D eigenvalue weighted by Gasteiger charge is 2.44. The SMILES string of the molecule is CC[N+]1(C2CCC([N+]3(CC)CCCCC3)CC2)CCCCC1. The van der Waals surface area contributed by atoms with Crippen LogP contribution in [0, 0.1) is 0 Å². The van der Waals surface area contributed by atoms with Crippen molar-refractivity contribution in [3.05, 3.63) is 0 Å². The van der Waals surface area contributed by atoms with Gasteiger partial charge >= 0.3 is 0 Å². The molecule has 3 fully saturated rings. The first-order valence-electron chi connectivity index (χ1n) is 10.5. The van der Waals surface area contributed by atoms with Crippen molar-refractivity contribution in [1.29, 1.82) is 0 Å². The van der Waals surface area contributed by atoms with Gasteiger partial charge in [0.05, 0.1) is 51.4 Å². The minimum Gasteiger partial charge on any atom is -0.321 e. The zero-order valence-corrected chi connectivity index (χ0v) is 15.4. The summed E-state index contributed by atoms with van der Waals surface area (Å²) in [5, 5.41) is 0. The number of likely N-dealkylation sites (tertiary alicyclic amines) is 2. The number of quaternary nitrogens is 2. The van der Waals surface area contributed by atoms with Gasteiger partial charge in [-0.25, -0.2) is 0 Å². The van der Waals surface area contributed by atoms with Crippen molar-refractivity contribution in [1.82, 2.24) is 0 Å². The Morgan fingerprint density at radius 1 is 0.545 bits per heavy atom. The van der Waals surface area contributed by atoms with Crippen LogP contribution in [0.4, 0.5) is 0 Å². The second-order valence-electron chi connectivity index (χ2n) is 8.55. The highest BCUT2D eigenvalue weighted by Crippen LogP contribution is 2.37. The number of nitrogens with zero attached hydrogens (tertiary/aromatic N) is 2. The lowest BCUT2D eigenvalue weighted by molar-refractivity contribution is -0.968. The molecule has 0 unspecified atom stereocenters. The van der Waals surface area contributed by atoms with Crippen molar-refractivity contribution in [3.63, 3.8) is 0 Å². The lowest BCUT2D eigenvalue weighted by Crippen LogP contribution is -2.63. The Bertz CT molecular complexity index is 298. The summed E-state index contributed by atoms with van der Waals surface area (Å²) in [5.41, 5.74) is 0. The Hall–Kier alpha value is -0.0800. The molecule has 3 aliphatic rings. The maximum Gasteiger partial charge on any atom is 0.0894 e. The Morgan fingerprint density at radius 2 is 0.864 bits per heavy atom. The summed E-state index contributed by atoms with van der Waals surface area (Å²) in [6.45, 7) is 13.6. The highest BCUT2D eigenvalue weighted by molar-refractivity contribution is 4.77. The first-order chi connectivity index (χ1) is 10.7. The molecule has 0 spiro atoms. The fraction of sp³-hybridized carbons (Fsp3) is 1.00. The number of hydrogen-bond donors (Lipinski definition) is 0. The average Bonchev–Trinajstić information content (AvgIpc) is 2.63. The highest BCUT2D eigenvalue weighted by atomic mass is 15.4. The van der Waals surface area contributed by atoms with E-state index < -0.39 is 0 Å². The summed E-state index contributed by atoms with van der Waals surface area (Å²) >= 11 is 0. The quantitative estimate of drug-likeness (QED) is 0.678. The van der Waals surface area contributed by atoms with E-state index in [4.69, 9.17) is 0 Å². The molecule has 1 aliphatic carbocycles. The number of rotatable bonds is 4. The Morgan fingerprint density at radius 3 is 1.14 bits per heavy atom. The minimum absolute atomic E-state index is 1.00. The molecular formula is C20H40N2+2. The van der Waals surface area contributed by atoms with Crippen LogP contribution >= 0.6 is 0 Å². The van der Waals surface area contributed by atoms with E-state index in [9.17, 15) is 0 Å². The van der Waals surface area contributed by atoms with E-state index in [1.165, 1.54) is 112 Å². The molecule has 2 heteroatoms. The van der Waals surface area contributed by atoms with Gasteiger partial charge in [-0.1, -0.05) is 0 Å². The molecule has 1 saturated carbocycles. The fourth-order valence-electron chi connectivity index (χ4n) is 6.32. The van der Waals surface area contributed by atoms with Gasteiger partial charge < -0.3 is 8.97 Å². The zero-order valence-electron chi connectivity index (χ0n) is 15.4. The van der Waals surface area contributed by atoms with E-state index in [2.05, 4.69) is 13.8 Å². The molecule has 0 amide bonds. The third-order valence-corrected chi connectivity index (χ3v) is 7.89. The lowest BCUT2D eigenvalue weighted by Gasteiger charge is -2.53. The Labute approximate surface area is 139 Å². The standard InChI is InChI=1S/C20H40N2/c1-3-21(15-7-5-8-16-21)19-11-13-20(14-12-19)22(4-2)17-9-6-10-18-22/h19-20H,3-18H2,1-2H3/q+2. The van der Waals surface area contributed by atoms with Gasteiger partial charge in [0.1, 0.15) is 0 Å². The van der Waals surface area contributed by atoms with E-state index in [0.29, 0.717) is 0 Å². The molecule has 2 heterocycles. The van der Waals surface area contributed by atoms with Crippen LogP contribution in [0.15, 0.2) is 0 Å². The van der Waals surface area contributed by atoms with Crippen LogP contribution < -0.4 is 0 Å². The molecule has 0 aromatic heterocycles. The normalized spacial score (nSPS) is 35.2. The average molecular weight is 309 g/mol. The van der Waals surface area contributed by atoms with Gasteiger partial charge in [0.15, 0.2) is 0 Å². The van der Waals surface area contributed by atoms with Gasteiger partial charge in [-0.15, -0.1) is 0 Å². The largest absolute Gasteiger partial charge is 0.321 e.